The van der Waals surface area contributed by atoms with E-state index >= 15 is 0 Å². The van der Waals surface area contributed by atoms with Crippen molar-refractivity contribution in [1.82, 2.24) is 4.90 Å². The van der Waals surface area contributed by atoms with Crippen molar-refractivity contribution in [3.05, 3.63) is 29.1 Å². The zero-order chi connectivity index (χ0) is 11.0. The van der Waals surface area contributed by atoms with Gasteiger partial charge in [-0.05, 0) is 49.0 Å². The highest BCUT2D eigenvalue weighted by atomic mass is 32.1. The molecule has 1 aliphatic rings. The molecule has 0 radical (unpaired) electrons. The zero-order valence-corrected chi connectivity index (χ0v) is 9.96. The standard InChI is InChI=1S/C13H15NOS/c15-11-4-3-5-12-13(11)10(9-16-12)8-14-6-1-2-7-14/h3-5,9,15H,1-2,6-8H2. The van der Waals surface area contributed by atoms with E-state index in [0.717, 1.165) is 11.9 Å². The molecule has 0 saturated carbocycles. The van der Waals surface area contributed by atoms with Gasteiger partial charge in [0.05, 0.1) is 0 Å². The molecule has 1 fully saturated rings. The molecule has 16 heavy (non-hydrogen) atoms. The topological polar surface area (TPSA) is 23.5 Å². The van der Waals surface area contributed by atoms with Crippen molar-refractivity contribution in [2.75, 3.05) is 13.1 Å². The molecule has 2 nitrogen and oxygen atoms in total. The molecular formula is C13H15NOS. The van der Waals surface area contributed by atoms with E-state index in [9.17, 15) is 5.11 Å². The van der Waals surface area contributed by atoms with Gasteiger partial charge in [0.25, 0.3) is 0 Å². The summed E-state index contributed by atoms with van der Waals surface area (Å²) in [5.41, 5.74) is 1.28. The van der Waals surface area contributed by atoms with Crippen LogP contribution in [-0.2, 0) is 6.54 Å². The molecule has 0 bridgehead atoms. The van der Waals surface area contributed by atoms with Crippen LogP contribution in [0, 0.1) is 0 Å². The molecule has 1 saturated heterocycles. The van der Waals surface area contributed by atoms with Crippen molar-refractivity contribution >= 4 is 21.4 Å². The Hall–Kier alpha value is -1.06. The van der Waals surface area contributed by atoms with E-state index in [2.05, 4.69) is 16.3 Å². The van der Waals surface area contributed by atoms with Crippen molar-refractivity contribution < 1.29 is 5.11 Å². The molecule has 1 aromatic heterocycles. The van der Waals surface area contributed by atoms with Gasteiger partial charge in [0.1, 0.15) is 5.75 Å². The predicted molar refractivity (Wildman–Crippen MR) is 68.0 cm³/mol. The van der Waals surface area contributed by atoms with Gasteiger partial charge >= 0.3 is 0 Å². The van der Waals surface area contributed by atoms with Crippen LogP contribution >= 0.6 is 11.3 Å². The van der Waals surface area contributed by atoms with E-state index in [1.807, 2.05) is 6.07 Å². The first-order valence-electron chi connectivity index (χ1n) is 5.75. The summed E-state index contributed by atoms with van der Waals surface area (Å²) in [6.45, 7) is 3.38. The van der Waals surface area contributed by atoms with Crippen LogP contribution in [0.4, 0.5) is 0 Å². The first-order valence-corrected chi connectivity index (χ1v) is 6.63. The van der Waals surface area contributed by atoms with Crippen LogP contribution in [0.15, 0.2) is 23.6 Å². The highest BCUT2D eigenvalue weighted by Crippen LogP contribution is 2.34. The van der Waals surface area contributed by atoms with Crippen molar-refractivity contribution in [3.63, 3.8) is 0 Å². The summed E-state index contributed by atoms with van der Waals surface area (Å²) in [5.74, 6) is 0.424. The number of nitrogens with zero attached hydrogens (tertiary/aromatic N) is 1. The Balaban J connectivity index is 1.97. The molecule has 1 aromatic carbocycles. The van der Waals surface area contributed by atoms with Gasteiger partial charge < -0.3 is 5.11 Å². The number of fused-ring (bicyclic) bond motifs is 1. The number of hydrogen-bond acceptors (Lipinski definition) is 3. The Morgan fingerprint density at radius 1 is 1.25 bits per heavy atom. The summed E-state index contributed by atoms with van der Waals surface area (Å²) >= 11 is 1.72. The summed E-state index contributed by atoms with van der Waals surface area (Å²) in [6.07, 6.45) is 2.63. The number of likely N-dealkylation sites (tertiary alicyclic amines) is 1. The van der Waals surface area contributed by atoms with Gasteiger partial charge in [-0.2, -0.15) is 0 Å². The summed E-state index contributed by atoms with van der Waals surface area (Å²) in [7, 11) is 0. The summed E-state index contributed by atoms with van der Waals surface area (Å²) < 4.78 is 1.19. The molecule has 3 heteroatoms. The Labute approximate surface area is 99.1 Å². The highest BCUT2D eigenvalue weighted by Gasteiger charge is 2.15. The molecule has 1 N–H and O–H groups in total. The van der Waals surface area contributed by atoms with Crippen LogP contribution in [0.5, 0.6) is 5.75 Å². The van der Waals surface area contributed by atoms with Crippen LogP contribution in [0.2, 0.25) is 0 Å². The van der Waals surface area contributed by atoms with Gasteiger partial charge in [-0.25, -0.2) is 0 Å². The number of hydrogen-bond donors (Lipinski definition) is 1. The molecule has 1 aliphatic heterocycles. The monoisotopic (exact) mass is 233 g/mol. The number of phenolic OH excluding ortho intramolecular Hbond substituents is 1. The number of rotatable bonds is 2. The molecule has 0 amide bonds. The Morgan fingerprint density at radius 2 is 2.06 bits per heavy atom. The van der Waals surface area contributed by atoms with E-state index in [4.69, 9.17) is 0 Å². The largest absolute Gasteiger partial charge is 0.507 e. The maximum atomic E-state index is 9.90. The second kappa shape index (κ2) is 4.07. The average Bonchev–Trinajstić information content (AvgIpc) is 2.90. The van der Waals surface area contributed by atoms with Gasteiger partial charge in [-0.3, -0.25) is 4.90 Å². The van der Waals surface area contributed by atoms with Crippen molar-refractivity contribution in [2.24, 2.45) is 0 Å². The second-order valence-corrected chi connectivity index (χ2v) is 5.31. The van der Waals surface area contributed by atoms with Crippen molar-refractivity contribution in [3.8, 4) is 5.75 Å². The fourth-order valence-electron chi connectivity index (χ4n) is 2.43. The van der Waals surface area contributed by atoms with Gasteiger partial charge in [0, 0.05) is 16.6 Å². The minimum Gasteiger partial charge on any atom is -0.507 e. The van der Waals surface area contributed by atoms with Crippen molar-refractivity contribution in [1.29, 1.82) is 0 Å². The van der Waals surface area contributed by atoms with Gasteiger partial charge in [-0.15, -0.1) is 11.3 Å². The Morgan fingerprint density at radius 3 is 2.88 bits per heavy atom. The molecule has 0 atom stereocenters. The Bertz CT molecular complexity index is 500. The fourth-order valence-corrected chi connectivity index (χ4v) is 3.40. The molecule has 84 valence electrons. The molecular weight excluding hydrogens is 218 g/mol. The molecule has 3 rings (SSSR count). The van der Waals surface area contributed by atoms with Crippen molar-refractivity contribution in [2.45, 2.75) is 19.4 Å². The van der Waals surface area contributed by atoms with E-state index in [-0.39, 0.29) is 0 Å². The van der Waals surface area contributed by atoms with E-state index in [0.29, 0.717) is 5.75 Å². The lowest BCUT2D eigenvalue weighted by Gasteiger charge is -2.13. The number of aromatic hydroxyl groups is 1. The second-order valence-electron chi connectivity index (χ2n) is 4.39. The highest BCUT2D eigenvalue weighted by molar-refractivity contribution is 7.17. The maximum Gasteiger partial charge on any atom is 0.124 e. The smallest absolute Gasteiger partial charge is 0.124 e. The van der Waals surface area contributed by atoms with Crippen LogP contribution in [0.3, 0.4) is 0 Å². The lowest BCUT2D eigenvalue weighted by molar-refractivity contribution is 0.332. The third-order valence-corrected chi connectivity index (χ3v) is 4.24. The van der Waals surface area contributed by atoms with E-state index in [1.54, 1.807) is 17.4 Å². The SMILES string of the molecule is Oc1cccc2scc(CN3CCCC3)c12. The minimum atomic E-state index is 0.424. The summed E-state index contributed by atoms with van der Waals surface area (Å²) in [5, 5.41) is 13.1. The normalized spacial score (nSPS) is 17.2. The van der Waals surface area contributed by atoms with Crippen LogP contribution in [0.25, 0.3) is 10.1 Å². The van der Waals surface area contributed by atoms with Crippen LogP contribution in [0.1, 0.15) is 18.4 Å². The minimum absolute atomic E-state index is 0.424. The summed E-state index contributed by atoms with van der Waals surface area (Å²) in [6, 6.07) is 5.77. The van der Waals surface area contributed by atoms with E-state index < -0.39 is 0 Å². The lowest BCUT2D eigenvalue weighted by Crippen LogP contribution is -2.17. The predicted octanol–water partition coefficient (Wildman–Crippen LogP) is 3.20. The van der Waals surface area contributed by atoms with Crippen LogP contribution < -0.4 is 0 Å². The quantitative estimate of drug-likeness (QED) is 0.861. The van der Waals surface area contributed by atoms with Gasteiger partial charge in [-0.1, -0.05) is 6.07 Å². The average molecular weight is 233 g/mol. The molecule has 2 aromatic rings. The Kier molecular flexibility index (Phi) is 2.58. The van der Waals surface area contributed by atoms with Gasteiger partial charge in [0.2, 0.25) is 0 Å². The fraction of sp³-hybridized carbons (Fsp3) is 0.385. The maximum absolute atomic E-state index is 9.90. The molecule has 0 spiro atoms. The summed E-state index contributed by atoms with van der Waals surface area (Å²) in [4.78, 5) is 2.47. The van der Waals surface area contributed by atoms with Crippen LogP contribution in [-0.4, -0.2) is 23.1 Å². The molecule has 0 aliphatic carbocycles. The third-order valence-electron chi connectivity index (χ3n) is 3.25. The van der Waals surface area contributed by atoms with Gasteiger partial charge in [0.15, 0.2) is 0 Å². The molecule has 0 unspecified atom stereocenters. The number of benzene rings is 1. The third kappa shape index (κ3) is 1.70. The number of thiophene rings is 1. The lowest BCUT2D eigenvalue weighted by atomic mass is 10.1. The molecule has 2 heterocycles. The first-order chi connectivity index (χ1) is 7.84. The van der Waals surface area contributed by atoms with E-state index in [1.165, 1.54) is 36.2 Å². The zero-order valence-electron chi connectivity index (χ0n) is 9.15. The first kappa shape index (κ1) is 10.1. The number of phenols is 1.